The molecule has 2 heterocycles. The molecular weight excluding hydrogens is 244 g/mol. The number of amides is 1. The molecule has 0 radical (unpaired) electrons. The standard InChI is InChI=1S/C14H20N2OS/c1-14(2,3)9-12(17)16-7-8-18-13(16)11-5-4-6-15-10-11/h4-6,10,13H,7-9H2,1-3H3/t13-/m0/s1. The van der Waals surface area contributed by atoms with E-state index in [9.17, 15) is 4.79 Å². The number of pyridine rings is 1. The lowest BCUT2D eigenvalue weighted by Crippen LogP contribution is -2.33. The van der Waals surface area contributed by atoms with Crippen LogP contribution in [0.5, 0.6) is 0 Å². The molecule has 1 aromatic heterocycles. The normalized spacial score (nSPS) is 20.2. The van der Waals surface area contributed by atoms with E-state index < -0.39 is 0 Å². The van der Waals surface area contributed by atoms with Crippen molar-refractivity contribution in [2.45, 2.75) is 32.6 Å². The molecule has 0 bridgehead atoms. The Kier molecular flexibility index (Phi) is 3.95. The molecule has 1 aromatic rings. The van der Waals surface area contributed by atoms with Gasteiger partial charge in [0.25, 0.3) is 0 Å². The lowest BCUT2D eigenvalue weighted by Gasteiger charge is -2.27. The monoisotopic (exact) mass is 264 g/mol. The summed E-state index contributed by atoms with van der Waals surface area (Å²) in [6.45, 7) is 7.16. The maximum absolute atomic E-state index is 12.3. The van der Waals surface area contributed by atoms with Crippen molar-refractivity contribution in [3.63, 3.8) is 0 Å². The van der Waals surface area contributed by atoms with Gasteiger partial charge in [0.2, 0.25) is 5.91 Å². The highest BCUT2D eigenvalue weighted by atomic mass is 32.2. The van der Waals surface area contributed by atoms with E-state index in [1.807, 2.05) is 35.0 Å². The van der Waals surface area contributed by atoms with Gasteiger partial charge in [-0.3, -0.25) is 9.78 Å². The van der Waals surface area contributed by atoms with E-state index in [1.54, 1.807) is 6.20 Å². The first-order valence-electron chi connectivity index (χ1n) is 6.28. The first-order chi connectivity index (χ1) is 8.47. The van der Waals surface area contributed by atoms with Crippen LogP contribution in [0.3, 0.4) is 0 Å². The highest BCUT2D eigenvalue weighted by Gasteiger charge is 2.32. The number of carbonyl (C=O) groups is 1. The van der Waals surface area contributed by atoms with E-state index in [0.29, 0.717) is 6.42 Å². The number of hydrogen-bond acceptors (Lipinski definition) is 3. The molecule has 0 unspecified atom stereocenters. The summed E-state index contributed by atoms with van der Waals surface area (Å²) in [5.41, 5.74) is 1.17. The fraction of sp³-hybridized carbons (Fsp3) is 0.571. The highest BCUT2D eigenvalue weighted by Crippen LogP contribution is 2.38. The van der Waals surface area contributed by atoms with Crippen molar-refractivity contribution in [1.29, 1.82) is 0 Å². The first-order valence-corrected chi connectivity index (χ1v) is 7.33. The Labute approximate surface area is 113 Å². The van der Waals surface area contributed by atoms with Crippen LogP contribution in [0.1, 0.15) is 38.1 Å². The molecular formula is C14H20N2OS. The Hall–Kier alpha value is -1.03. The van der Waals surface area contributed by atoms with Gasteiger partial charge < -0.3 is 4.90 Å². The molecule has 98 valence electrons. The van der Waals surface area contributed by atoms with Gasteiger partial charge >= 0.3 is 0 Å². The van der Waals surface area contributed by atoms with Crippen molar-refractivity contribution in [2.75, 3.05) is 12.3 Å². The van der Waals surface area contributed by atoms with Gasteiger partial charge in [-0.05, 0) is 11.5 Å². The summed E-state index contributed by atoms with van der Waals surface area (Å²) in [4.78, 5) is 18.5. The van der Waals surface area contributed by atoms with Crippen LogP contribution in [0.4, 0.5) is 0 Å². The number of aromatic nitrogens is 1. The van der Waals surface area contributed by atoms with Crippen LogP contribution < -0.4 is 0 Å². The van der Waals surface area contributed by atoms with Crippen LogP contribution in [-0.2, 0) is 4.79 Å². The van der Waals surface area contributed by atoms with Crippen LogP contribution in [0.2, 0.25) is 0 Å². The number of carbonyl (C=O) groups excluding carboxylic acids is 1. The molecule has 2 rings (SSSR count). The maximum Gasteiger partial charge on any atom is 0.224 e. The molecule has 3 nitrogen and oxygen atoms in total. The van der Waals surface area contributed by atoms with Crippen LogP contribution in [0.25, 0.3) is 0 Å². The van der Waals surface area contributed by atoms with E-state index in [2.05, 4.69) is 25.8 Å². The van der Waals surface area contributed by atoms with Crippen molar-refractivity contribution in [3.05, 3.63) is 30.1 Å². The fourth-order valence-corrected chi connectivity index (χ4v) is 3.34. The number of hydrogen-bond donors (Lipinski definition) is 0. The predicted molar refractivity (Wildman–Crippen MR) is 75.2 cm³/mol. The Morgan fingerprint density at radius 2 is 2.33 bits per heavy atom. The average Bonchev–Trinajstić information content (AvgIpc) is 2.76. The number of rotatable bonds is 2. The third kappa shape index (κ3) is 3.25. The molecule has 1 amide bonds. The maximum atomic E-state index is 12.3. The van der Waals surface area contributed by atoms with Gasteiger partial charge in [0.15, 0.2) is 0 Å². The zero-order valence-corrected chi connectivity index (χ0v) is 12.0. The second-order valence-electron chi connectivity index (χ2n) is 5.83. The van der Waals surface area contributed by atoms with Crippen LogP contribution in [-0.4, -0.2) is 28.1 Å². The third-order valence-corrected chi connectivity index (χ3v) is 4.12. The Balaban J connectivity index is 2.11. The molecule has 18 heavy (non-hydrogen) atoms. The molecule has 4 heteroatoms. The molecule has 0 saturated carbocycles. The predicted octanol–water partition coefficient (Wildman–Crippen LogP) is 3.09. The summed E-state index contributed by atoms with van der Waals surface area (Å²) >= 11 is 1.82. The summed E-state index contributed by atoms with van der Waals surface area (Å²) in [5, 5.41) is 0.147. The summed E-state index contributed by atoms with van der Waals surface area (Å²) in [5.74, 6) is 1.26. The number of thioether (sulfide) groups is 1. The van der Waals surface area contributed by atoms with Crippen LogP contribution >= 0.6 is 11.8 Å². The van der Waals surface area contributed by atoms with E-state index in [-0.39, 0.29) is 16.7 Å². The minimum atomic E-state index is 0.0455. The topological polar surface area (TPSA) is 33.2 Å². The smallest absolute Gasteiger partial charge is 0.224 e. The fourth-order valence-electron chi connectivity index (χ4n) is 2.08. The van der Waals surface area contributed by atoms with Crippen molar-refractivity contribution in [1.82, 2.24) is 9.88 Å². The average molecular weight is 264 g/mol. The van der Waals surface area contributed by atoms with E-state index in [0.717, 1.165) is 17.9 Å². The van der Waals surface area contributed by atoms with Gasteiger partial charge in [-0.2, -0.15) is 0 Å². The van der Waals surface area contributed by atoms with E-state index >= 15 is 0 Å². The summed E-state index contributed by atoms with van der Waals surface area (Å²) < 4.78 is 0. The van der Waals surface area contributed by atoms with Crippen molar-refractivity contribution in [3.8, 4) is 0 Å². The summed E-state index contributed by atoms with van der Waals surface area (Å²) in [7, 11) is 0. The van der Waals surface area contributed by atoms with Crippen molar-refractivity contribution < 1.29 is 4.79 Å². The quantitative estimate of drug-likeness (QED) is 0.823. The molecule has 1 fully saturated rings. The Bertz CT molecular complexity index is 414. The Morgan fingerprint density at radius 3 is 2.94 bits per heavy atom. The molecule has 0 aromatic carbocycles. The lowest BCUT2D eigenvalue weighted by molar-refractivity contribution is -0.133. The third-order valence-electron chi connectivity index (χ3n) is 2.86. The van der Waals surface area contributed by atoms with E-state index in [1.165, 1.54) is 0 Å². The molecule has 1 saturated heterocycles. The van der Waals surface area contributed by atoms with Gasteiger partial charge in [0, 0.05) is 36.7 Å². The SMILES string of the molecule is CC(C)(C)CC(=O)N1CCS[C@H]1c1cccnc1. The van der Waals surface area contributed by atoms with Gasteiger partial charge in [0.1, 0.15) is 5.37 Å². The molecule has 0 spiro atoms. The number of nitrogens with zero attached hydrogens (tertiary/aromatic N) is 2. The second kappa shape index (κ2) is 5.31. The van der Waals surface area contributed by atoms with Crippen LogP contribution in [0, 0.1) is 5.41 Å². The molecule has 0 aliphatic carbocycles. The highest BCUT2D eigenvalue weighted by molar-refractivity contribution is 7.99. The van der Waals surface area contributed by atoms with Crippen molar-refractivity contribution in [2.24, 2.45) is 5.41 Å². The van der Waals surface area contributed by atoms with Gasteiger partial charge in [-0.25, -0.2) is 0 Å². The second-order valence-corrected chi connectivity index (χ2v) is 7.02. The minimum absolute atomic E-state index is 0.0455. The van der Waals surface area contributed by atoms with Gasteiger partial charge in [-0.15, -0.1) is 11.8 Å². The first kappa shape index (κ1) is 13.4. The Morgan fingerprint density at radius 1 is 1.56 bits per heavy atom. The summed E-state index contributed by atoms with van der Waals surface area (Å²) in [6, 6.07) is 3.98. The molecule has 1 atom stereocenters. The van der Waals surface area contributed by atoms with Gasteiger partial charge in [-0.1, -0.05) is 26.8 Å². The van der Waals surface area contributed by atoms with Crippen molar-refractivity contribution >= 4 is 17.7 Å². The summed E-state index contributed by atoms with van der Waals surface area (Å²) in [6.07, 6.45) is 4.23. The molecule has 1 aliphatic rings. The zero-order valence-electron chi connectivity index (χ0n) is 11.2. The molecule has 0 N–H and O–H groups in total. The zero-order chi connectivity index (χ0) is 13.2. The largest absolute Gasteiger partial charge is 0.326 e. The van der Waals surface area contributed by atoms with Crippen LogP contribution in [0.15, 0.2) is 24.5 Å². The lowest BCUT2D eigenvalue weighted by atomic mass is 9.91. The van der Waals surface area contributed by atoms with E-state index in [4.69, 9.17) is 0 Å². The molecule has 1 aliphatic heterocycles. The minimum Gasteiger partial charge on any atom is -0.326 e. The van der Waals surface area contributed by atoms with Gasteiger partial charge in [0.05, 0.1) is 0 Å².